The minimum absolute atomic E-state index is 0.135. The van der Waals surface area contributed by atoms with Crippen molar-refractivity contribution < 1.29 is 4.74 Å². The van der Waals surface area contributed by atoms with Gasteiger partial charge >= 0.3 is 0 Å². The zero-order valence-electron chi connectivity index (χ0n) is 9.67. The van der Waals surface area contributed by atoms with Crippen molar-refractivity contribution in [2.24, 2.45) is 11.7 Å². The smallest absolute Gasteiger partial charge is 0.232 e. The van der Waals surface area contributed by atoms with Gasteiger partial charge in [-0.05, 0) is 25.8 Å². The molecule has 1 saturated carbocycles. The predicted octanol–water partition coefficient (Wildman–Crippen LogP) is 1.24. The Bertz CT molecular complexity index is 398. The molecular weight excluding hydrogens is 216 g/mol. The van der Waals surface area contributed by atoms with Crippen molar-refractivity contribution in [1.82, 2.24) is 9.97 Å². The van der Waals surface area contributed by atoms with E-state index < -0.39 is 0 Å². The summed E-state index contributed by atoms with van der Waals surface area (Å²) in [6.07, 6.45) is 7.59. The van der Waals surface area contributed by atoms with E-state index in [2.05, 4.69) is 9.97 Å². The molecule has 2 N–H and O–H groups in total. The van der Waals surface area contributed by atoms with Crippen molar-refractivity contribution in [3.05, 3.63) is 18.1 Å². The van der Waals surface area contributed by atoms with Crippen LogP contribution in [0, 0.1) is 17.2 Å². The summed E-state index contributed by atoms with van der Waals surface area (Å²) >= 11 is 0. The fourth-order valence-corrected chi connectivity index (χ4v) is 2.19. The van der Waals surface area contributed by atoms with Gasteiger partial charge in [0.25, 0.3) is 0 Å². The van der Waals surface area contributed by atoms with Crippen LogP contribution in [0.2, 0.25) is 0 Å². The molecule has 0 aromatic carbocycles. The molecule has 2 unspecified atom stereocenters. The van der Waals surface area contributed by atoms with E-state index in [0.29, 0.717) is 24.0 Å². The molecule has 2 rings (SSSR count). The van der Waals surface area contributed by atoms with Gasteiger partial charge in [-0.25, -0.2) is 9.97 Å². The number of hydrogen-bond acceptors (Lipinski definition) is 5. The molecule has 0 aliphatic heterocycles. The van der Waals surface area contributed by atoms with Crippen LogP contribution in [0.5, 0.6) is 5.88 Å². The second-order valence-electron chi connectivity index (χ2n) is 4.29. The molecule has 1 heterocycles. The third kappa shape index (κ3) is 2.92. The summed E-state index contributed by atoms with van der Waals surface area (Å²) in [6.45, 7) is 0.647. The van der Waals surface area contributed by atoms with E-state index >= 15 is 0 Å². The number of nitrogens with two attached hydrogens (primary N) is 1. The van der Waals surface area contributed by atoms with E-state index in [4.69, 9.17) is 15.7 Å². The van der Waals surface area contributed by atoms with Crippen molar-refractivity contribution >= 4 is 0 Å². The summed E-state index contributed by atoms with van der Waals surface area (Å²) in [7, 11) is 0. The third-order valence-electron chi connectivity index (χ3n) is 3.16. The Labute approximate surface area is 101 Å². The first-order valence-corrected chi connectivity index (χ1v) is 5.92. The Morgan fingerprint density at radius 1 is 1.35 bits per heavy atom. The summed E-state index contributed by atoms with van der Waals surface area (Å²) in [6, 6.07) is 1.93. The Balaban J connectivity index is 2.01. The molecule has 0 radical (unpaired) electrons. The van der Waals surface area contributed by atoms with Gasteiger partial charge in [-0.1, -0.05) is 6.42 Å². The largest absolute Gasteiger partial charge is 0.473 e. The van der Waals surface area contributed by atoms with Crippen molar-refractivity contribution in [1.29, 1.82) is 5.26 Å². The summed E-state index contributed by atoms with van der Waals surface area (Å²) in [4.78, 5) is 8.00. The molecule has 1 aliphatic carbocycles. The monoisotopic (exact) mass is 232 g/mol. The average Bonchev–Trinajstić information content (AvgIpc) is 2.40. The van der Waals surface area contributed by atoms with Gasteiger partial charge in [0.15, 0.2) is 5.69 Å². The molecule has 5 nitrogen and oxygen atoms in total. The summed E-state index contributed by atoms with van der Waals surface area (Å²) in [5, 5.41) is 8.62. The van der Waals surface area contributed by atoms with Crippen LogP contribution in [0.4, 0.5) is 0 Å². The SMILES string of the molecule is N#Cc1cnc(OC2CCCCC2CN)cn1. The van der Waals surface area contributed by atoms with Crippen molar-refractivity contribution in [3.63, 3.8) is 0 Å². The first-order valence-electron chi connectivity index (χ1n) is 5.92. The maximum absolute atomic E-state index is 8.62. The van der Waals surface area contributed by atoms with E-state index in [1.54, 1.807) is 0 Å². The molecule has 0 saturated heterocycles. The van der Waals surface area contributed by atoms with Gasteiger partial charge in [0.05, 0.1) is 12.4 Å². The molecule has 90 valence electrons. The van der Waals surface area contributed by atoms with E-state index in [-0.39, 0.29) is 6.10 Å². The summed E-state index contributed by atoms with van der Waals surface area (Å²) < 4.78 is 5.80. The second kappa shape index (κ2) is 5.60. The number of ether oxygens (including phenoxy) is 1. The normalized spacial score (nSPS) is 24.0. The minimum Gasteiger partial charge on any atom is -0.473 e. The van der Waals surface area contributed by atoms with E-state index in [1.807, 2.05) is 6.07 Å². The zero-order valence-corrected chi connectivity index (χ0v) is 9.67. The molecule has 2 atom stereocenters. The van der Waals surface area contributed by atoms with Crippen LogP contribution < -0.4 is 10.5 Å². The highest BCUT2D eigenvalue weighted by molar-refractivity contribution is 5.18. The molecule has 1 aromatic heterocycles. The minimum atomic E-state index is 0.135. The number of aromatic nitrogens is 2. The van der Waals surface area contributed by atoms with Gasteiger partial charge in [-0.2, -0.15) is 5.26 Å². The van der Waals surface area contributed by atoms with Crippen LogP contribution in [-0.2, 0) is 0 Å². The maximum Gasteiger partial charge on any atom is 0.232 e. The van der Waals surface area contributed by atoms with E-state index in [1.165, 1.54) is 25.2 Å². The third-order valence-corrected chi connectivity index (χ3v) is 3.16. The van der Waals surface area contributed by atoms with Crippen LogP contribution >= 0.6 is 0 Å². The van der Waals surface area contributed by atoms with Gasteiger partial charge in [0, 0.05) is 5.92 Å². The van der Waals surface area contributed by atoms with Crippen molar-refractivity contribution in [2.45, 2.75) is 31.8 Å². The fourth-order valence-electron chi connectivity index (χ4n) is 2.19. The lowest BCUT2D eigenvalue weighted by atomic mass is 9.86. The molecule has 5 heteroatoms. The van der Waals surface area contributed by atoms with Crippen LogP contribution in [-0.4, -0.2) is 22.6 Å². The molecule has 1 fully saturated rings. The summed E-state index contributed by atoms with van der Waals surface area (Å²) in [5.41, 5.74) is 6.04. The van der Waals surface area contributed by atoms with Crippen molar-refractivity contribution in [2.75, 3.05) is 6.54 Å². The zero-order chi connectivity index (χ0) is 12.1. The highest BCUT2D eigenvalue weighted by atomic mass is 16.5. The van der Waals surface area contributed by atoms with Crippen molar-refractivity contribution in [3.8, 4) is 11.9 Å². The van der Waals surface area contributed by atoms with Gasteiger partial charge in [-0.3, -0.25) is 0 Å². The fraction of sp³-hybridized carbons (Fsp3) is 0.583. The highest BCUT2D eigenvalue weighted by Crippen LogP contribution is 2.26. The van der Waals surface area contributed by atoms with Crippen LogP contribution in [0.25, 0.3) is 0 Å². The quantitative estimate of drug-likeness (QED) is 0.847. The maximum atomic E-state index is 8.62. The van der Waals surface area contributed by atoms with Crippen LogP contribution in [0.15, 0.2) is 12.4 Å². The second-order valence-corrected chi connectivity index (χ2v) is 4.29. The van der Waals surface area contributed by atoms with E-state index in [0.717, 1.165) is 12.8 Å². The lowest BCUT2D eigenvalue weighted by Crippen LogP contribution is -2.35. The predicted molar refractivity (Wildman–Crippen MR) is 62.2 cm³/mol. The van der Waals surface area contributed by atoms with Gasteiger partial charge < -0.3 is 10.5 Å². The molecule has 0 bridgehead atoms. The number of nitriles is 1. The Kier molecular flexibility index (Phi) is 3.89. The molecule has 0 amide bonds. The number of nitrogens with zero attached hydrogens (tertiary/aromatic N) is 3. The molecule has 1 aromatic rings. The summed E-state index contributed by atoms with van der Waals surface area (Å²) in [5.74, 6) is 0.885. The molecule has 1 aliphatic rings. The topological polar surface area (TPSA) is 84.8 Å². The van der Waals surface area contributed by atoms with Gasteiger partial charge in [0.2, 0.25) is 5.88 Å². The molecule has 0 spiro atoms. The average molecular weight is 232 g/mol. The first kappa shape index (κ1) is 11.8. The van der Waals surface area contributed by atoms with Gasteiger partial charge in [0.1, 0.15) is 12.2 Å². The highest BCUT2D eigenvalue weighted by Gasteiger charge is 2.25. The van der Waals surface area contributed by atoms with Crippen LogP contribution in [0.3, 0.4) is 0 Å². The van der Waals surface area contributed by atoms with Crippen LogP contribution in [0.1, 0.15) is 31.4 Å². The number of rotatable bonds is 3. The Hall–Kier alpha value is -1.67. The lowest BCUT2D eigenvalue weighted by Gasteiger charge is -2.30. The van der Waals surface area contributed by atoms with Gasteiger partial charge in [-0.15, -0.1) is 0 Å². The van der Waals surface area contributed by atoms with E-state index in [9.17, 15) is 0 Å². The lowest BCUT2D eigenvalue weighted by molar-refractivity contribution is 0.0918. The molecule has 17 heavy (non-hydrogen) atoms. The molecular formula is C12H16N4O. The number of hydrogen-bond donors (Lipinski definition) is 1. The Morgan fingerprint density at radius 3 is 2.82 bits per heavy atom. The first-order chi connectivity index (χ1) is 8.33. The standard InChI is InChI=1S/C12H16N4O/c13-5-9-3-1-2-4-11(9)17-12-8-15-10(6-14)7-16-12/h7-9,11H,1-5,13H2. The Morgan fingerprint density at radius 2 is 2.18 bits per heavy atom.